The van der Waals surface area contributed by atoms with Crippen LogP contribution in [0.15, 0.2) is 0 Å². The average Bonchev–Trinajstić information content (AvgIpc) is 2.49. The normalized spacial score (nSPS) is 22.1. The SMILES string of the molecule is O=CNC(CSC1CCCCNC1=O)C(=O)O. The molecule has 1 aliphatic rings. The number of thioether (sulfide) groups is 1. The molecule has 17 heavy (non-hydrogen) atoms. The Hall–Kier alpha value is -1.24. The Bertz CT molecular complexity index is 298. The summed E-state index contributed by atoms with van der Waals surface area (Å²) in [5.74, 6) is -0.923. The molecule has 0 aliphatic carbocycles. The number of carboxylic acids is 1. The van der Waals surface area contributed by atoms with Gasteiger partial charge in [-0.15, -0.1) is 11.8 Å². The molecule has 2 atom stereocenters. The van der Waals surface area contributed by atoms with E-state index in [0.717, 1.165) is 19.3 Å². The van der Waals surface area contributed by atoms with Crippen molar-refractivity contribution in [3.05, 3.63) is 0 Å². The summed E-state index contributed by atoms with van der Waals surface area (Å²) in [7, 11) is 0. The molecule has 0 aromatic carbocycles. The number of amides is 2. The van der Waals surface area contributed by atoms with E-state index < -0.39 is 12.0 Å². The van der Waals surface area contributed by atoms with Gasteiger partial charge in [-0.25, -0.2) is 4.79 Å². The Kier molecular flexibility index (Phi) is 5.82. The summed E-state index contributed by atoms with van der Waals surface area (Å²) < 4.78 is 0. The number of hydrogen-bond acceptors (Lipinski definition) is 4. The molecule has 1 aliphatic heterocycles. The molecule has 3 N–H and O–H groups in total. The first-order valence-corrected chi connectivity index (χ1v) is 6.52. The van der Waals surface area contributed by atoms with Crippen LogP contribution in [0, 0.1) is 0 Å². The first kappa shape index (κ1) is 13.8. The fraction of sp³-hybridized carbons (Fsp3) is 0.700. The lowest BCUT2D eigenvalue weighted by Crippen LogP contribution is -2.39. The lowest BCUT2D eigenvalue weighted by atomic mass is 10.2. The summed E-state index contributed by atoms with van der Waals surface area (Å²) in [6.45, 7) is 0.685. The predicted octanol–water partition coefficient (Wildman–Crippen LogP) is -0.412. The number of aliphatic carboxylic acids is 1. The highest BCUT2D eigenvalue weighted by Crippen LogP contribution is 2.20. The van der Waals surface area contributed by atoms with Crippen LogP contribution in [0.2, 0.25) is 0 Å². The molecule has 0 saturated carbocycles. The van der Waals surface area contributed by atoms with Gasteiger partial charge < -0.3 is 15.7 Å². The van der Waals surface area contributed by atoms with Gasteiger partial charge in [-0.05, 0) is 12.8 Å². The van der Waals surface area contributed by atoms with Crippen molar-refractivity contribution in [2.75, 3.05) is 12.3 Å². The minimum Gasteiger partial charge on any atom is -0.480 e. The molecule has 0 aromatic rings. The number of carbonyl (C=O) groups is 3. The van der Waals surface area contributed by atoms with Gasteiger partial charge in [0.25, 0.3) is 0 Å². The van der Waals surface area contributed by atoms with Gasteiger partial charge in [0.1, 0.15) is 6.04 Å². The lowest BCUT2D eigenvalue weighted by Gasteiger charge is -2.16. The zero-order valence-corrected chi connectivity index (χ0v) is 10.2. The molecule has 2 unspecified atom stereocenters. The van der Waals surface area contributed by atoms with Crippen molar-refractivity contribution in [3.8, 4) is 0 Å². The molecule has 1 heterocycles. The van der Waals surface area contributed by atoms with E-state index in [9.17, 15) is 14.4 Å². The summed E-state index contributed by atoms with van der Waals surface area (Å²) in [6, 6.07) is -0.937. The monoisotopic (exact) mass is 260 g/mol. The Morgan fingerprint density at radius 1 is 1.65 bits per heavy atom. The molecule has 0 radical (unpaired) electrons. The molecule has 2 amide bonds. The van der Waals surface area contributed by atoms with Crippen molar-refractivity contribution >= 4 is 30.0 Å². The maximum atomic E-state index is 11.6. The summed E-state index contributed by atoms with van der Waals surface area (Å²) >= 11 is 1.28. The third kappa shape index (κ3) is 4.64. The Labute approximate surface area is 104 Å². The first-order chi connectivity index (χ1) is 8.15. The number of nitrogens with one attached hydrogen (secondary N) is 2. The van der Waals surface area contributed by atoms with Crippen molar-refractivity contribution < 1.29 is 19.5 Å². The van der Waals surface area contributed by atoms with Gasteiger partial charge in [0.05, 0.1) is 5.25 Å². The van der Waals surface area contributed by atoms with Crippen molar-refractivity contribution in [2.45, 2.75) is 30.6 Å². The van der Waals surface area contributed by atoms with E-state index in [-0.39, 0.29) is 16.9 Å². The summed E-state index contributed by atoms with van der Waals surface area (Å²) in [5.41, 5.74) is 0. The maximum absolute atomic E-state index is 11.6. The summed E-state index contributed by atoms with van der Waals surface area (Å²) in [4.78, 5) is 32.6. The molecule has 0 bridgehead atoms. The second-order valence-electron chi connectivity index (χ2n) is 3.78. The van der Waals surface area contributed by atoms with E-state index in [0.29, 0.717) is 13.0 Å². The minimum atomic E-state index is -1.08. The van der Waals surface area contributed by atoms with Crippen molar-refractivity contribution in [3.63, 3.8) is 0 Å². The molecule has 0 spiro atoms. The van der Waals surface area contributed by atoms with Gasteiger partial charge in [-0.2, -0.15) is 0 Å². The van der Waals surface area contributed by atoms with Crippen molar-refractivity contribution in [2.24, 2.45) is 0 Å². The largest absolute Gasteiger partial charge is 0.480 e. The van der Waals surface area contributed by atoms with Crippen LogP contribution in [-0.4, -0.2) is 47.0 Å². The van der Waals surface area contributed by atoms with Gasteiger partial charge in [0, 0.05) is 12.3 Å². The Morgan fingerprint density at radius 2 is 2.41 bits per heavy atom. The molecule has 6 nitrogen and oxygen atoms in total. The summed E-state index contributed by atoms with van der Waals surface area (Å²) in [6.07, 6.45) is 3.03. The standard InChI is InChI=1S/C10H16N2O4S/c13-6-12-7(10(15)16)5-17-8-3-1-2-4-11-9(8)14/h6-8H,1-5H2,(H,11,14)(H,12,13)(H,15,16). The zero-order valence-electron chi connectivity index (χ0n) is 9.35. The topological polar surface area (TPSA) is 95.5 Å². The zero-order chi connectivity index (χ0) is 12.7. The quantitative estimate of drug-likeness (QED) is 0.564. The van der Waals surface area contributed by atoms with Crippen LogP contribution in [0.3, 0.4) is 0 Å². The predicted molar refractivity (Wildman–Crippen MR) is 63.7 cm³/mol. The molecule has 96 valence electrons. The van der Waals surface area contributed by atoms with Gasteiger partial charge in [-0.3, -0.25) is 9.59 Å². The third-order valence-electron chi connectivity index (χ3n) is 2.52. The molecule has 1 fully saturated rings. The maximum Gasteiger partial charge on any atom is 0.327 e. The highest BCUT2D eigenvalue weighted by atomic mass is 32.2. The number of carbonyl (C=O) groups excluding carboxylic acids is 2. The van der Waals surface area contributed by atoms with Gasteiger partial charge in [0.2, 0.25) is 12.3 Å². The highest BCUT2D eigenvalue weighted by Gasteiger charge is 2.24. The van der Waals surface area contributed by atoms with E-state index >= 15 is 0 Å². The second kappa shape index (κ2) is 7.16. The lowest BCUT2D eigenvalue weighted by molar-refractivity contribution is -0.139. The molecule has 1 rings (SSSR count). The third-order valence-corrected chi connectivity index (χ3v) is 3.89. The van der Waals surface area contributed by atoms with E-state index in [1.807, 2.05) is 0 Å². The van der Waals surface area contributed by atoms with E-state index in [1.165, 1.54) is 11.8 Å². The van der Waals surface area contributed by atoms with Gasteiger partial charge >= 0.3 is 5.97 Å². The van der Waals surface area contributed by atoms with Crippen LogP contribution < -0.4 is 10.6 Å². The number of rotatable bonds is 6. The first-order valence-electron chi connectivity index (χ1n) is 5.47. The minimum absolute atomic E-state index is 0.0391. The van der Waals surface area contributed by atoms with Gasteiger partial charge in [0.15, 0.2) is 0 Å². The van der Waals surface area contributed by atoms with Crippen LogP contribution in [0.25, 0.3) is 0 Å². The smallest absolute Gasteiger partial charge is 0.327 e. The Balaban J connectivity index is 2.43. The van der Waals surface area contributed by atoms with Crippen LogP contribution in [0.5, 0.6) is 0 Å². The molecule has 1 saturated heterocycles. The van der Waals surface area contributed by atoms with Crippen molar-refractivity contribution in [1.82, 2.24) is 10.6 Å². The number of hydrogen-bond donors (Lipinski definition) is 3. The Morgan fingerprint density at radius 3 is 3.06 bits per heavy atom. The van der Waals surface area contributed by atoms with Crippen molar-refractivity contribution in [1.29, 1.82) is 0 Å². The fourth-order valence-electron chi connectivity index (χ4n) is 1.56. The second-order valence-corrected chi connectivity index (χ2v) is 5.02. The molecular weight excluding hydrogens is 244 g/mol. The molecule has 0 aromatic heterocycles. The highest BCUT2D eigenvalue weighted by molar-refractivity contribution is 8.00. The number of carboxylic acid groups (broad SMARTS) is 1. The average molecular weight is 260 g/mol. The van der Waals surface area contributed by atoms with Crippen LogP contribution in [0.1, 0.15) is 19.3 Å². The van der Waals surface area contributed by atoms with Crippen LogP contribution in [0.4, 0.5) is 0 Å². The molecule has 7 heteroatoms. The van der Waals surface area contributed by atoms with E-state index in [2.05, 4.69) is 10.6 Å². The van der Waals surface area contributed by atoms with Crippen LogP contribution in [-0.2, 0) is 14.4 Å². The van der Waals surface area contributed by atoms with Crippen LogP contribution >= 0.6 is 11.8 Å². The van der Waals surface area contributed by atoms with Gasteiger partial charge in [-0.1, -0.05) is 6.42 Å². The summed E-state index contributed by atoms with van der Waals surface area (Å²) in [5, 5.41) is 13.6. The molecular formula is C10H16N2O4S. The van der Waals surface area contributed by atoms with E-state index in [1.54, 1.807) is 0 Å². The fourth-order valence-corrected chi connectivity index (χ4v) is 2.79. The van der Waals surface area contributed by atoms with E-state index in [4.69, 9.17) is 5.11 Å².